The summed E-state index contributed by atoms with van der Waals surface area (Å²) in [5, 5.41) is 3.14. The number of rotatable bonds is 3. The van der Waals surface area contributed by atoms with Crippen molar-refractivity contribution in [2.75, 3.05) is 6.54 Å². The van der Waals surface area contributed by atoms with Crippen molar-refractivity contribution >= 4 is 10.0 Å². The fraction of sp³-hybridized carbons (Fsp3) is 0.583. The Morgan fingerprint density at radius 2 is 2.10 bits per heavy atom. The molecule has 0 aromatic carbocycles. The average molecular weight is 323 g/mol. The first-order valence-corrected chi connectivity index (χ1v) is 7.97. The summed E-state index contributed by atoms with van der Waals surface area (Å²) in [6, 6.07) is 1.26. The number of sulfonamides is 1. The molecule has 1 aliphatic rings. The van der Waals surface area contributed by atoms with Gasteiger partial charge in [-0.2, -0.15) is 13.2 Å². The summed E-state index contributed by atoms with van der Waals surface area (Å²) in [7, 11) is -3.87. The number of pyridine rings is 1. The molecule has 2 unspecified atom stereocenters. The molecule has 0 amide bonds. The van der Waals surface area contributed by atoms with Gasteiger partial charge in [0, 0.05) is 18.3 Å². The molecule has 5 nitrogen and oxygen atoms in total. The number of nitrogens with one attached hydrogen (secondary N) is 2. The molecule has 9 heteroatoms. The summed E-state index contributed by atoms with van der Waals surface area (Å²) >= 11 is 0. The van der Waals surface area contributed by atoms with Crippen LogP contribution in [0.4, 0.5) is 13.2 Å². The van der Waals surface area contributed by atoms with E-state index in [4.69, 9.17) is 0 Å². The molecule has 1 aromatic rings. The van der Waals surface area contributed by atoms with E-state index >= 15 is 0 Å². The highest BCUT2D eigenvalue weighted by molar-refractivity contribution is 7.89. The van der Waals surface area contributed by atoms with Crippen molar-refractivity contribution in [3.63, 3.8) is 0 Å². The highest BCUT2D eigenvalue weighted by Gasteiger charge is 2.33. The van der Waals surface area contributed by atoms with E-state index in [0.29, 0.717) is 12.5 Å². The molecule has 0 saturated carbocycles. The van der Waals surface area contributed by atoms with E-state index in [-0.39, 0.29) is 17.0 Å². The van der Waals surface area contributed by atoms with E-state index in [1.54, 1.807) is 0 Å². The van der Waals surface area contributed by atoms with Gasteiger partial charge in [-0.1, -0.05) is 0 Å². The molecule has 1 aromatic heterocycles. The Hall–Kier alpha value is -1.19. The minimum absolute atomic E-state index is 0.0315. The third-order valence-corrected chi connectivity index (χ3v) is 4.88. The number of hydrogen-bond donors (Lipinski definition) is 2. The highest BCUT2D eigenvalue weighted by atomic mass is 32.2. The van der Waals surface area contributed by atoms with E-state index in [1.165, 1.54) is 0 Å². The van der Waals surface area contributed by atoms with Crippen LogP contribution in [0.1, 0.15) is 25.5 Å². The van der Waals surface area contributed by atoms with Crippen LogP contribution in [0.2, 0.25) is 0 Å². The quantitative estimate of drug-likeness (QED) is 0.885. The van der Waals surface area contributed by atoms with Gasteiger partial charge in [-0.15, -0.1) is 0 Å². The van der Waals surface area contributed by atoms with Crippen LogP contribution in [0.5, 0.6) is 0 Å². The molecule has 21 heavy (non-hydrogen) atoms. The molecule has 0 radical (unpaired) electrons. The van der Waals surface area contributed by atoms with E-state index in [9.17, 15) is 21.6 Å². The van der Waals surface area contributed by atoms with Crippen molar-refractivity contribution in [3.8, 4) is 0 Å². The fourth-order valence-corrected chi connectivity index (χ4v) is 3.47. The summed E-state index contributed by atoms with van der Waals surface area (Å²) in [5.41, 5.74) is -1.12. The van der Waals surface area contributed by atoms with Gasteiger partial charge in [-0.25, -0.2) is 13.1 Å². The zero-order chi connectivity index (χ0) is 15.7. The Morgan fingerprint density at radius 3 is 2.62 bits per heavy atom. The van der Waals surface area contributed by atoms with Crippen LogP contribution < -0.4 is 10.0 Å². The second-order valence-electron chi connectivity index (χ2n) is 4.99. The number of halogens is 3. The van der Waals surface area contributed by atoms with Crippen LogP contribution in [-0.2, 0) is 16.2 Å². The molecular weight excluding hydrogens is 307 g/mol. The van der Waals surface area contributed by atoms with Gasteiger partial charge < -0.3 is 5.32 Å². The molecule has 0 spiro atoms. The van der Waals surface area contributed by atoms with Crippen molar-refractivity contribution < 1.29 is 21.6 Å². The first-order chi connectivity index (χ1) is 9.70. The smallest absolute Gasteiger partial charge is 0.313 e. The maximum absolute atomic E-state index is 12.4. The van der Waals surface area contributed by atoms with Gasteiger partial charge in [0.15, 0.2) is 0 Å². The zero-order valence-corrected chi connectivity index (χ0v) is 12.1. The van der Waals surface area contributed by atoms with Crippen molar-refractivity contribution in [2.24, 2.45) is 0 Å². The van der Waals surface area contributed by atoms with Crippen LogP contribution in [0.15, 0.2) is 23.2 Å². The van der Waals surface area contributed by atoms with Crippen LogP contribution in [0.25, 0.3) is 0 Å². The minimum atomic E-state index is -4.59. The standard InChI is InChI=1S/C12H16F3N3O2S/c1-8-10(3-2-6-16-8)18-21(19,20)9-4-5-11(17-7-9)12(13,14)15/h4-5,7-8,10,16,18H,2-3,6H2,1H3. The van der Waals surface area contributed by atoms with Gasteiger partial charge in [0.1, 0.15) is 10.6 Å². The third kappa shape index (κ3) is 3.92. The number of piperidine rings is 1. The first kappa shape index (κ1) is 16.2. The molecule has 118 valence electrons. The van der Waals surface area contributed by atoms with Crippen molar-refractivity contribution in [3.05, 3.63) is 24.0 Å². The van der Waals surface area contributed by atoms with Crippen molar-refractivity contribution in [1.29, 1.82) is 0 Å². The summed E-state index contributed by atoms with van der Waals surface area (Å²) in [5.74, 6) is 0. The maximum atomic E-state index is 12.4. The fourth-order valence-electron chi connectivity index (χ4n) is 2.18. The zero-order valence-electron chi connectivity index (χ0n) is 11.3. The molecule has 2 N–H and O–H groups in total. The molecule has 2 atom stereocenters. The lowest BCUT2D eigenvalue weighted by atomic mass is 10.0. The molecule has 0 aliphatic carbocycles. The Labute approximate surface area is 121 Å². The summed E-state index contributed by atoms with van der Waals surface area (Å²) < 4.78 is 64.0. The van der Waals surface area contributed by atoms with Crippen LogP contribution >= 0.6 is 0 Å². The Kier molecular flexibility index (Phi) is 4.54. The third-order valence-electron chi connectivity index (χ3n) is 3.41. The number of hydrogen-bond acceptors (Lipinski definition) is 4. The van der Waals surface area contributed by atoms with Crippen LogP contribution in [0, 0.1) is 0 Å². The number of aromatic nitrogens is 1. The molecule has 0 bridgehead atoms. The second-order valence-corrected chi connectivity index (χ2v) is 6.70. The van der Waals surface area contributed by atoms with Gasteiger partial charge in [0.25, 0.3) is 0 Å². The SMILES string of the molecule is CC1NCCCC1NS(=O)(=O)c1ccc(C(F)(F)F)nc1. The van der Waals surface area contributed by atoms with E-state index in [1.807, 2.05) is 6.92 Å². The van der Waals surface area contributed by atoms with Gasteiger partial charge in [-0.05, 0) is 38.4 Å². The minimum Gasteiger partial charge on any atom is -0.313 e. The average Bonchev–Trinajstić information content (AvgIpc) is 2.40. The summed E-state index contributed by atoms with van der Waals surface area (Å²) in [6.45, 7) is 2.68. The number of alkyl halides is 3. The lowest BCUT2D eigenvalue weighted by Gasteiger charge is -2.30. The first-order valence-electron chi connectivity index (χ1n) is 6.49. The van der Waals surface area contributed by atoms with E-state index < -0.39 is 21.9 Å². The Morgan fingerprint density at radius 1 is 1.38 bits per heavy atom. The lowest BCUT2D eigenvalue weighted by Crippen LogP contribution is -2.51. The van der Waals surface area contributed by atoms with Gasteiger partial charge in [-0.3, -0.25) is 4.98 Å². The molecule has 1 saturated heterocycles. The topological polar surface area (TPSA) is 71.1 Å². The predicted molar refractivity (Wildman–Crippen MR) is 70.0 cm³/mol. The van der Waals surface area contributed by atoms with Gasteiger partial charge in [0.05, 0.1) is 0 Å². The monoisotopic (exact) mass is 323 g/mol. The summed E-state index contributed by atoms with van der Waals surface area (Å²) in [4.78, 5) is 2.90. The highest BCUT2D eigenvalue weighted by Crippen LogP contribution is 2.27. The van der Waals surface area contributed by atoms with Crippen LogP contribution in [-0.4, -0.2) is 32.0 Å². The summed E-state index contributed by atoms with van der Waals surface area (Å²) in [6.07, 6.45) is -2.34. The van der Waals surface area contributed by atoms with Gasteiger partial charge in [0.2, 0.25) is 10.0 Å². The van der Waals surface area contributed by atoms with Crippen molar-refractivity contribution in [1.82, 2.24) is 15.0 Å². The Balaban J connectivity index is 2.16. The van der Waals surface area contributed by atoms with Crippen molar-refractivity contribution in [2.45, 2.75) is 42.9 Å². The Bertz CT molecular complexity index is 587. The van der Waals surface area contributed by atoms with E-state index in [0.717, 1.165) is 25.2 Å². The molecular formula is C12H16F3N3O2S. The lowest BCUT2D eigenvalue weighted by molar-refractivity contribution is -0.141. The predicted octanol–water partition coefficient (Wildman–Crippen LogP) is 1.52. The largest absolute Gasteiger partial charge is 0.433 e. The van der Waals surface area contributed by atoms with E-state index in [2.05, 4.69) is 15.0 Å². The van der Waals surface area contributed by atoms with Crippen LogP contribution in [0.3, 0.4) is 0 Å². The molecule has 1 aliphatic heterocycles. The number of nitrogens with zero attached hydrogens (tertiary/aromatic N) is 1. The molecule has 2 rings (SSSR count). The molecule has 2 heterocycles. The molecule has 1 fully saturated rings. The second kappa shape index (κ2) is 5.90. The maximum Gasteiger partial charge on any atom is 0.433 e. The van der Waals surface area contributed by atoms with Gasteiger partial charge >= 0.3 is 6.18 Å². The normalized spacial score (nSPS) is 24.0.